The van der Waals surface area contributed by atoms with Crippen LogP contribution in [0.4, 0.5) is 0 Å². The second-order valence-corrected chi connectivity index (χ2v) is 6.85. The molecule has 5 heteroatoms. The highest BCUT2D eigenvalue weighted by Crippen LogP contribution is 2.15. The van der Waals surface area contributed by atoms with Gasteiger partial charge in [0, 0.05) is 38.3 Å². The molecular formula is C20H32N2O3. The van der Waals surface area contributed by atoms with Gasteiger partial charge in [0.25, 0.3) is 0 Å². The Kier molecular flexibility index (Phi) is 8.22. The van der Waals surface area contributed by atoms with Gasteiger partial charge in [-0.2, -0.15) is 0 Å². The van der Waals surface area contributed by atoms with Gasteiger partial charge in [-0.1, -0.05) is 26.0 Å². The monoisotopic (exact) mass is 348 g/mol. The molecule has 25 heavy (non-hydrogen) atoms. The smallest absolute Gasteiger partial charge is 0.223 e. The van der Waals surface area contributed by atoms with Crippen molar-refractivity contribution in [3.8, 4) is 5.75 Å². The van der Waals surface area contributed by atoms with Crippen LogP contribution in [0.25, 0.3) is 0 Å². The number of carbonyl (C=O) groups excluding carboxylic acids is 1. The molecule has 1 aromatic carbocycles. The molecule has 1 aliphatic heterocycles. The second-order valence-electron chi connectivity index (χ2n) is 6.85. The lowest BCUT2D eigenvalue weighted by Gasteiger charge is -2.31. The molecule has 140 valence electrons. The van der Waals surface area contributed by atoms with Crippen molar-refractivity contribution in [2.45, 2.75) is 45.7 Å². The zero-order chi connectivity index (χ0) is 18.1. The number of nitrogens with zero attached hydrogens (tertiary/aromatic N) is 1. The van der Waals surface area contributed by atoms with Crippen LogP contribution in [-0.2, 0) is 16.1 Å². The minimum Gasteiger partial charge on any atom is -0.492 e. The van der Waals surface area contributed by atoms with E-state index in [4.69, 9.17) is 9.47 Å². The van der Waals surface area contributed by atoms with Crippen LogP contribution in [0.5, 0.6) is 5.75 Å². The Morgan fingerprint density at radius 2 is 2.16 bits per heavy atom. The number of ether oxygens (including phenoxy) is 2. The predicted molar refractivity (Wildman–Crippen MR) is 99.7 cm³/mol. The van der Waals surface area contributed by atoms with E-state index in [0.717, 1.165) is 50.3 Å². The molecule has 5 nitrogen and oxygen atoms in total. The van der Waals surface area contributed by atoms with E-state index in [0.29, 0.717) is 19.2 Å². The molecule has 0 aliphatic carbocycles. The molecule has 1 aromatic rings. The van der Waals surface area contributed by atoms with Crippen molar-refractivity contribution in [3.63, 3.8) is 0 Å². The zero-order valence-electron chi connectivity index (χ0n) is 15.8. The second kappa shape index (κ2) is 10.4. The number of rotatable bonds is 9. The van der Waals surface area contributed by atoms with Gasteiger partial charge in [0.2, 0.25) is 5.91 Å². The lowest BCUT2D eigenvalue weighted by Crippen LogP contribution is -2.38. The Labute approximate surface area is 151 Å². The van der Waals surface area contributed by atoms with E-state index in [-0.39, 0.29) is 11.8 Å². The molecule has 1 amide bonds. The third kappa shape index (κ3) is 6.67. The van der Waals surface area contributed by atoms with Crippen molar-refractivity contribution in [1.82, 2.24) is 10.2 Å². The van der Waals surface area contributed by atoms with Crippen LogP contribution in [0, 0.1) is 5.92 Å². The van der Waals surface area contributed by atoms with Gasteiger partial charge in [-0.15, -0.1) is 0 Å². The standard InChI is InChI=1S/C20H32N2O3/c1-4-16(2)20(23)21-15-17-6-5-7-19(14-17)25-13-10-22(3)18-8-11-24-12-9-18/h5-7,14,16,18H,4,8-13,15H2,1-3H3,(H,21,23). The first-order chi connectivity index (χ1) is 12.1. The number of amides is 1. The molecule has 1 atom stereocenters. The molecular weight excluding hydrogens is 316 g/mol. The first-order valence-corrected chi connectivity index (χ1v) is 9.37. The van der Waals surface area contributed by atoms with Crippen LogP contribution < -0.4 is 10.1 Å². The normalized spacial score (nSPS) is 16.6. The van der Waals surface area contributed by atoms with Crippen LogP contribution in [0.2, 0.25) is 0 Å². The van der Waals surface area contributed by atoms with Gasteiger partial charge in [0.05, 0.1) is 0 Å². The predicted octanol–water partition coefficient (Wildman–Crippen LogP) is 2.84. The van der Waals surface area contributed by atoms with Gasteiger partial charge in [-0.25, -0.2) is 0 Å². The minimum atomic E-state index is 0.0557. The van der Waals surface area contributed by atoms with Gasteiger partial charge >= 0.3 is 0 Å². The Bertz CT molecular complexity index is 529. The maximum Gasteiger partial charge on any atom is 0.223 e. The van der Waals surface area contributed by atoms with Crippen molar-refractivity contribution in [2.24, 2.45) is 5.92 Å². The average Bonchev–Trinajstić information content (AvgIpc) is 2.66. The topological polar surface area (TPSA) is 50.8 Å². The van der Waals surface area contributed by atoms with Gasteiger partial charge in [-0.05, 0) is 44.0 Å². The molecule has 0 aromatic heterocycles. The lowest BCUT2D eigenvalue weighted by atomic mass is 10.1. The fraction of sp³-hybridized carbons (Fsp3) is 0.650. The number of hydrogen-bond donors (Lipinski definition) is 1. The van der Waals surface area contributed by atoms with Crippen LogP contribution in [-0.4, -0.2) is 50.3 Å². The van der Waals surface area contributed by atoms with E-state index in [1.165, 1.54) is 0 Å². The summed E-state index contributed by atoms with van der Waals surface area (Å²) in [6, 6.07) is 8.55. The van der Waals surface area contributed by atoms with E-state index in [2.05, 4.69) is 17.3 Å². The first-order valence-electron chi connectivity index (χ1n) is 9.37. The van der Waals surface area contributed by atoms with Crippen molar-refractivity contribution >= 4 is 5.91 Å². The number of nitrogens with one attached hydrogen (secondary N) is 1. The fourth-order valence-electron chi connectivity index (χ4n) is 2.91. The van der Waals surface area contributed by atoms with Gasteiger partial charge in [-0.3, -0.25) is 9.69 Å². The summed E-state index contributed by atoms with van der Waals surface area (Å²) in [5.41, 5.74) is 1.06. The Hall–Kier alpha value is -1.59. The third-order valence-electron chi connectivity index (χ3n) is 4.95. The fourth-order valence-corrected chi connectivity index (χ4v) is 2.91. The zero-order valence-corrected chi connectivity index (χ0v) is 15.8. The minimum absolute atomic E-state index is 0.0557. The van der Waals surface area contributed by atoms with Crippen molar-refractivity contribution < 1.29 is 14.3 Å². The van der Waals surface area contributed by atoms with Crippen LogP contribution in [0.1, 0.15) is 38.7 Å². The van der Waals surface area contributed by atoms with Crippen molar-refractivity contribution in [2.75, 3.05) is 33.4 Å². The Morgan fingerprint density at radius 1 is 1.40 bits per heavy atom. The molecule has 1 aliphatic rings. The molecule has 1 saturated heterocycles. The summed E-state index contributed by atoms with van der Waals surface area (Å²) in [6.07, 6.45) is 3.05. The van der Waals surface area contributed by atoms with Gasteiger partial charge < -0.3 is 14.8 Å². The lowest BCUT2D eigenvalue weighted by molar-refractivity contribution is -0.124. The van der Waals surface area contributed by atoms with Crippen LogP contribution in [0.15, 0.2) is 24.3 Å². The van der Waals surface area contributed by atoms with E-state index < -0.39 is 0 Å². The SMILES string of the molecule is CCC(C)C(=O)NCc1cccc(OCCN(C)C2CCOCC2)c1. The highest BCUT2D eigenvalue weighted by Gasteiger charge is 2.18. The van der Waals surface area contributed by atoms with Gasteiger partial charge in [0.1, 0.15) is 12.4 Å². The summed E-state index contributed by atoms with van der Waals surface area (Å²) in [6.45, 7) is 7.80. The maximum atomic E-state index is 11.9. The van der Waals surface area contributed by atoms with E-state index in [1.807, 2.05) is 38.1 Å². The van der Waals surface area contributed by atoms with Crippen molar-refractivity contribution in [1.29, 1.82) is 0 Å². The molecule has 1 fully saturated rings. The summed E-state index contributed by atoms with van der Waals surface area (Å²) in [5, 5.41) is 2.98. The number of hydrogen-bond acceptors (Lipinski definition) is 4. The van der Waals surface area contributed by atoms with E-state index in [1.54, 1.807) is 0 Å². The molecule has 1 heterocycles. The molecule has 0 spiro atoms. The molecule has 0 radical (unpaired) electrons. The summed E-state index contributed by atoms with van der Waals surface area (Å²) in [4.78, 5) is 14.2. The van der Waals surface area contributed by atoms with Crippen molar-refractivity contribution in [3.05, 3.63) is 29.8 Å². The number of likely N-dealkylation sites (N-methyl/N-ethyl adjacent to an activating group) is 1. The Balaban J connectivity index is 1.74. The van der Waals surface area contributed by atoms with Crippen LogP contribution in [0.3, 0.4) is 0 Å². The highest BCUT2D eigenvalue weighted by atomic mass is 16.5. The summed E-state index contributed by atoms with van der Waals surface area (Å²) >= 11 is 0. The van der Waals surface area contributed by atoms with Crippen LogP contribution >= 0.6 is 0 Å². The molecule has 1 unspecified atom stereocenters. The molecule has 0 saturated carbocycles. The summed E-state index contributed by atoms with van der Waals surface area (Å²) < 4.78 is 11.3. The Morgan fingerprint density at radius 3 is 2.88 bits per heavy atom. The molecule has 1 N–H and O–H groups in total. The average molecular weight is 348 g/mol. The number of carbonyl (C=O) groups is 1. The maximum absolute atomic E-state index is 11.9. The number of benzene rings is 1. The highest BCUT2D eigenvalue weighted by molar-refractivity contribution is 5.78. The molecule has 0 bridgehead atoms. The summed E-state index contributed by atoms with van der Waals surface area (Å²) in [5.74, 6) is 1.02. The third-order valence-corrected chi connectivity index (χ3v) is 4.95. The van der Waals surface area contributed by atoms with E-state index >= 15 is 0 Å². The largest absolute Gasteiger partial charge is 0.492 e. The summed E-state index contributed by atoms with van der Waals surface area (Å²) in [7, 11) is 2.15. The van der Waals surface area contributed by atoms with Gasteiger partial charge in [0.15, 0.2) is 0 Å². The molecule has 2 rings (SSSR count). The van der Waals surface area contributed by atoms with E-state index in [9.17, 15) is 4.79 Å². The first kappa shape index (κ1) is 19.7. The quantitative estimate of drug-likeness (QED) is 0.746.